The Hall–Kier alpha value is -1.23. The summed E-state index contributed by atoms with van der Waals surface area (Å²) in [6.07, 6.45) is -1.80. The fourth-order valence-corrected chi connectivity index (χ4v) is 1.95. The Balaban J connectivity index is 1.83. The van der Waals surface area contributed by atoms with E-state index in [1.165, 1.54) is 0 Å². The van der Waals surface area contributed by atoms with Crippen molar-refractivity contribution in [1.29, 1.82) is 0 Å². The molecule has 0 unspecified atom stereocenters. The molecule has 0 saturated carbocycles. The Labute approximate surface area is 104 Å². The van der Waals surface area contributed by atoms with Crippen molar-refractivity contribution in [3.05, 3.63) is 29.3 Å². The van der Waals surface area contributed by atoms with Gasteiger partial charge in [0.15, 0.2) is 0 Å². The molecule has 2 nitrogen and oxygen atoms in total. The second-order valence-corrected chi connectivity index (χ2v) is 4.31. The van der Waals surface area contributed by atoms with E-state index in [9.17, 15) is 13.2 Å². The molecule has 5 heteroatoms. The average Bonchev–Trinajstić information content (AvgIpc) is 2.33. The first-order valence-corrected chi connectivity index (χ1v) is 5.94. The van der Waals surface area contributed by atoms with Crippen LogP contribution in [0, 0.1) is 0 Å². The maximum absolute atomic E-state index is 11.9. The van der Waals surface area contributed by atoms with Crippen LogP contribution in [0.3, 0.4) is 0 Å². The molecule has 1 aliphatic rings. The molecule has 0 saturated heterocycles. The summed E-state index contributed by atoms with van der Waals surface area (Å²) in [6, 6.07) is 5.75. The van der Waals surface area contributed by atoms with Gasteiger partial charge in [-0.1, -0.05) is 12.1 Å². The number of halogens is 3. The molecule has 1 heterocycles. The summed E-state index contributed by atoms with van der Waals surface area (Å²) in [5.74, 6) is 0.890. The van der Waals surface area contributed by atoms with Gasteiger partial charge in [-0.2, -0.15) is 13.2 Å². The molecule has 1 aliphatic heterocycles. The molecule has 0 fully saturated rings. The van der Waals surface area contributed by atoms with E-state index in [4.69, 9.17) is 4.74 Å². The predicted molar refractivity (Wildman–Crippen MR) is 60.8 cm³/mol. The summed E-state index contributed by atoms with van der Waals surface area (Å²) in [5, 5.41) is 0. The van der Waals surface area contributed by atoms with E-state index < -0.39 is 12.8 Å². The van der Waals surface area contributed by atoms with Crippen molar-refractivity contribution in [3.8, 4) is 5.75 Å². The number of alkyl halides is 3. The van der Waals surface area contributed by atoms with E-state index in [1.54, 1.807) is 0 Å². The highest BCUT2D eigenvalue weighted by atomic mass is 19.4. The Kier molecular flexibility index (Phi) is 4.11. The molecule has 0 aromatic heterocycles. The summed E-state index contributed by atoms with van der Waals surface area (Å²) in [7, 11) is 0. The lowest BCUT2D eigenvalue weighted by atomic mass is 10.0. The van der Waals surface area contributed by atoms with Crippen LogP contribution in [0.15, 0.2) is 18.2 Å². The van der Waals surface area contributed by atoms with E-state index in [-0.39, 0.29) is 6.61 Å². The summed E-state index contributed by atoms with van der Waals surface area (Å²) < 4.78 is 45.7. The largest absolute Gasteiger partial charge is 0.493 e. The highest BCUT2D eigenvalue weighted by Gasteiger charge is 2.27. The van der Waals surface area contributed by atoms with Crippen LogP contribution >= 0.6 is 0 Å². The number of fused-ring (bicyclic) bond motifs is 1. The molecule has 2 rings (SSSR count). The zero-order valence-corrected chi connectivity index (χ0v) is 9.93. The van der Waals surface area contributed by atoms with Crippen LogP contribution in [0.5, 0.6) is 5.75 Å². The van der Waals surface area contributed by atoms with Crippen LogP contribution in [-0.2, 0) is 17.6 Å². The van der Waals surface area contributed by atoms with Crippen molar-refractivity contribution < 1.29 is 22.6 Å². The molecule has 1 aromatic rings. The van der Waals surface area contributed by atoms with Crippen molar-refractivity contribution in [2.45, 2.75) is 25.4 Å². The third kappa shape index (κ3) is 3.91. The van der Waals surface area contributed by atoms with Gasteiger partial charge in [0.2, 0.25) is 0 Å². The topological polar surface area (TPSA) is 18.5 Å². The summed E-state index contributed by atoms with van der Waals surface area (Å²) in [4.78, 5) is 0. The minimum atomic E-state index is -4.25. The van der Waals surface area contributed by atoms with E-state index >= 15 is 0 Å². The molecule has 1 aromatic carbocycles. The van der Waals surface area contributed by atoms with Gasteiger partial charge in [0.05, 0.1) is 13.2 Å². The van der Waals surface area contributed by atoms with Crippen LogP contribution in [-0.4, -0.2) is 26.0 Å². The summed E-state index contributed by atoms with van der Waals surface area (Å²) in [5.41, 5.74) is 2.12. The zero-order chi connectivity index (χ0) is 13.0. The molecular weight excluding hydrogens is 245 g/mol. The lowest BCUT2D eigenvalue weighted by Gasteiger charge is -2.17. The Morgan fingerprint density at radius 3 is 2.89 bits per heavy atom. The highest BCUT2D eigenvalue weighted by molar-refractivity contribution is 5.38. The minimum absolute atomic E-state index is 0.0825. The van der Waals surface area contributed by atoms with Gasteiger partial charge < -0.3 is 9.47 Å². The maximum atomic E-state index is 11.9. The van der Waals surface area contributed by atoms with Crippen LogP contribution in [0.25, 0.3) is 0 Å². The fraction of sp³-hybridized carbons (Fsp3) is 0.538. The molecular formula is C13H15F3O2. The molecule has 0 spiro atoms. The van der Waals surface area contributed by atoms with Gasteiger partial charge in [-0.25, -0.2) is 0 Å². The molecule has 0 radical (unpaired) electrons. The zero-order valence-electron chi connectivity index (χ0n) is 9.93. The maximum Gasteiger partial charge on any atom is 0.411 e. The molecule has 0 aliphatic carbocycles. The Morgan fingerprint density at radius 1 is 1.28 bits per heavy atom. The average molecular weight is 260 g/mol. The van der Waals surface area contributed by atoms with Crippen LogP contribution in [0.2, 0.25) is 0 Å². The number of benzene rings is 1. The van der Waals surface area contributed by atoms with Gasteiger partial charge in [-0.3, -0.25) is 0 Å². The number of ether oxygens (including phenoxy) is 2. The first-order valence-electron chi connectivity index (χ1n) is 5.94. The van der Waals surface area contributed by atoms with Gasteiger partial charge in [0, 0.05) is 0 Å². The monoisotopic (exact) mass is 260 g/mol. The smallest absolute Gasteiger partial charge is 0.411 e. The minimum Gasteiger partial charge on any atom is -0.493 e. The predicted octanol–water partition coefficient (Wildman–Crippen LogP) is 3.13. The molecule has 0 atom stereocenters. The lowest BCUT2D eigenvalue weighted by Crippen LogP contribution is -2.18. The first-order chi connectivity index (χ1) is 8.54. The first kappa shape index (κ1) is 13.2. The van der Waals surface area contributed by atoms with Gasteiger partial charge in [0.1, 0.15) is 12.4 Å². The van der Waals surface area contributed by atoms with Gasteiger partial charge in [-0.15, -0.1) is 0 Å². The molecule has 100 valence electrons. The molecule has 0 N–H and O–H groups in total. The summed E-state index contributed by atoms with van der Waals surface area (Å²) in [6.45, 7) is -0.360. The third-order valence-corrected chi connectivity index (χ3v) is 2.77. The van der Waals surface area contributed by atoms with Gasteiger partial charge in [0.25, 0.3) is 0 Å². The van der Waals surface area contributed by atoms with Crippen molar-refractivity contribution in [3.63, 3.8) is 0 Å². The van der Waals surface area contributed by atoms with Crippen molar-refractivity contribution in [2.24, 2.45) is 0 Å². The number of aryl methyl sites for hydroxylation is 1. The number of hydrogen-bond acceptors (Lipinski definition) is 2. The quantitative estimate of drug-likeness (QED) is 0.774. The highest BCUT2D eigenvalue weighted by Crippen LogP contribution is 2.25. The van der Waals surface area contributed by atoms with Gasteiger partial charge >= 0.3 is 6.18 Å². The van der Waals surface area contributed by atoms with E-state index in [0.29, 0.717) is 6.42 Å². The lowest BCUT2D eigenvalue weighted by molar-refractivity contribution is -0.173. The van der Waals surface area contributed by atoms with Gasteiger partial charge in [-0.05, 0) is 36.5 Å². The second kappa shape index (κ2) is 5.61. The summed E-state index contributed by atoms with van der Waals surface area (Å²) >= 11 is 0. The van der Waals surface area contributed by atoms with Crippen molar-refractivity contribution >= 4 is 0 Å². The van der Waals surface area contributed by atoms with Crippen LogP contribution in [0.4, 0.5) is 13.2 Å². The van der Waals surface area contributed by atoms with Crippen LogP contribution in [0.1, 0.15) is 17.5 Å². The van der Waals surface area contributed by atoms with Crippen molar-refractivity contribution in [2.75, 3.05) is 19.8 Å². The second-order valence-electron chi connectivity index (χ2n) is 4.31. The fourth-order valence-electron chi connectivity index (χ4n) is 1.95. The molecule has 18 heavy (non-hydrogen) atoms. The van der Waals surface area contributed by atoms with E-state index in [2.05, 4.69) is 4.74 Å². The standard InChI is InChI=1S/C13H15F3O2/c14-13(15,16)9-17-7-5-10-3-4-12-11(8-10)2-1-6-18-12/h3-4,8H,1-2,5-7,9H2. The van der Waals surface area contributed by atoms with Crippen molar-refractivity contribution in [1.82, 2.24) is 0 Å². The number of hydrogen-bond donors (Lipinski definition) is 0. The number of rotatable bonds is 4. The van der Waals surface area contributed by atoms with E-state index in [1.807, 2.05) is 18.2 Å². The Morgan fingerprint density at radius 2 is 2.11 bits per heavy atom. The Bertz CT molecular complexity index is 402. The van der Waals surface area contributed by atoms with Crippen LogP contribution < -0.4 is 4.74 Å². The SMILES string of the molecule is FC(F)(F)COCCc1ccc2c(c1)CCCO2. The normalized spacial score (nSPS) is 15.1. The third-order valence-electron chi connectivity index (χ3n) is 2.77. The molecule has 0 bridgehead atoms. The van der Waals surface area contributed by atoms with E-state index in [0.717, 1.165) is 36.3 Å². The molecule has 0 amide bonds.